The van der Waals surface area contributed by atoms with Gasteiger partial charge in [-0.1, -0.05) is 35.9 Å². The van der Waals surface area contributed by atoms with Crippen LogP contribution in [-0.4, -0.2) is 20.7 Å². The van der Waals surface area contributed by atoms with Crippen LogP contribution in [0.2, 0.25) is 5.02 Å². The maximum atomic E-state index is 12.9. The summed E-state index contributed by atoms with van der Waals surface area (Å²) in [6.45, 7) is 4.31. The zero-order valence-electron chi connectivity index (χ0n) is 18.3. The number of pyridine rings is 1. The smallest absolute Gasteiger partial charge is 0.251 e. The van der Waals surface area contributed by atoms with E-state index in [4.69, 9.17) is 22.0 Å². The molecule has 0 spiro atoms. The molecule has 4 aromatic rings. The number of aromatic nitrogens is 3. The van der Waals surface area contributed by atoms with E-state index in [0.717, 1.165) is 33.9 Å². The Bertz CT molecular complexity index is 1360. The number of rotatable bonds is 6. The van der Waals surface area contributed by atoms with Crippen molar-refractivity contribution < 1.29 is 4.79 Å². The van der Waals surface area contributed by atoms with Crippen molar-refractivity contribution in [3.8, 4) is 11.8 Å². The minimum absolute atomic E-state index is 0.141. The zero-order chi connectivity index (χ0) is 23.4. The van der Waals surface area contributed by atoms with Gasteiger partial charge in [0.2, 0.25) is 0 Å². The average molecular weight is 456 g/mol. The summed E-state index contributed by atoms with van der Waals surface area (Å²) in [4.78, 5) is 17.2. The van der Waals surface area contributed by atoms with Crippen molar-refractivity contribution in [2.24, 2.45) is 0 Å². The van der Waals surface area contributed by atoms with Gasteiger partial charge in [0.15, 0.2) is 0 Å². The summed E-state index contributed by atoms with van der Waals surface area (Å²) in [5.74, 6) is -0.141. The van der Waals surface area contributed by atoms with Gasteiger partial charge >= 0.3 is 0 Å². The number of nitriles is 1. The quantitative estimate of drug-likeness (QED) is 0.446. The third-order valence-electron chi connectivity index (χ3n) is 5.54. The molecular formula is C26H22ClN5O. The fourth-order valence-electron chi connectivity index (χ4n) is 3.76. The van der Waals surface area contributed by atoms with Crippen molar-refractivity contribution in [3.63, 3.8) is 0 Å². The number of nitrogens with zero attached hydrogens (tertiary/aromatic N) is 4. The van der Waals surface area contributed by atoms with Gasteiger partial charge in [-0.2, -0.15) is 10.4 Å². The highest BCUT2D eigenvalue weighted by molar-refractivity contribution is 6.31. The van der Waals surface area contributed by atoms with Crippen LogP contribution >= 0.6 is 11.6 Å². The Morgan fingerprint density at radius 1 is 1.12 bits per heavy atom. The van der Waals surface area contributed by atoms with Gasteiger partial charge in [-0.25, -0.2) is 4.68 Å². The molecule has 0 aliphatic carbocycles. The third-order valence-corrected chi connectivity index (χ3v) is 5.86. The van der Waals surface area contributed by atoms with E-state index >= 15 is 0 Å². The second-order valence-electron chi connectivity index (χ2n) is 7.67. The van der Waals surface area contributed by atoms with E-state index in [1.165, 1.54) is 0 Å². The molecule has 2 aromatic carbocycles. The van der Waals surface area contributed by atoms with Crippen LogP contribution in [0.3, 0.4) is 0 Å². The molecule has 164 valence electrons. The van der Waals surface area contributed by atoms with Gasteiger partial charge in [-0.15, -0.1) is 0 Å². The summed E-state index contributed by atoms with van der Waals surface area (Å²) in [5.41, 5.74) is 6.42. The van der Waals surface area contributed by atoms with Crippen molar-refractivity contribution in [1.82, 2.24) is 20.1 Å². The topological polar surface area (TPSA) is 83.6 Å². The van der Waals surface area contributed by atoms with Crippen LogP contribution in [0.15, 0.2) is 66.9 Å². The predicted octanol–water partition coefficient (Wildman–Crippen LogP) is 4.93. The molecule has 0 atom stereocenters. The number of hydrogen-bond acceptors (Lipinski definition) is 4. The van der Waals surface area contributed by atoms with E-state index in [1.54, 1.807) is 18.3 Å². The Kier molecular flexibility index (Phi) is 6.53. The molecule has 0 saturated heterocycles. The Balaban J connectivity index is 1.60. The molecule has 0 bridgehead atoms. The van der Waals surface area contributed by atoms with E-state index in [-0.39, 0.29) is 5.91 Å². The number of aryl methyl sites for hydroxylation is 1. The number of hydrogen-bond donors (Lipinski definition) is 1. The lowest BCUT2D eigenvalue weighted by Gasteiger charge is -2.11. The molecule has 0 radical (unpaired) electrons. The first kappa shape index (κ1) is 22.3. The fraction of sp³-hybridized carbons (Fsp3) is 0.154. The van der Waals surface area contributed by atoms with Crippen LogP contribution in [0.1, 0.15) is 44.1 Å². The molecule has 7 heteroatoms. The van der Waals surface area contributed by atoms with Crippen molar-refractivity contribution in [3.05, 3.63) is 111 Å². The van der Waals surface area contributed by atoms with Gasteiger partial charge in [-0.05, 0) is 55.8 Å². The van der Waals surface area contributed by atoms with Gasteiger partial charge in [-0.3, -0.25) is 9.78 Å². The van der Waals surface area contributed by atoms with Gasteiger partial charge in [0.05, 0.1) is 34.2 Å². The van der Waals surface area contributed by atoms with Crippen LogP contribution in [0, 0.1) is 25.2 Å². The highest BCUT2D eigenvalue weighted by Crippen LogP contribution is 2.25. The number of benzene rings is 2. The van der Waals surface area contributed by atoms with Gasteiger partial charge in [0.1, 0.15) is 6.07 Å². The van der Waals surface area contributed by atoms with Crippen LogP contribution in [-0.2, 0) is 13.0 Å². The monoisotopic (exact) mass is 455 g/mol. The zero-order valence-corrected chi connectivity index (χ0v) is 19.1. The number of nitrogens with one attached hydrogen (secondary N) is 1. The van der Waals surface area contributed by atoms with E-state index in [9.17, 15) is 4.79 Å². The Labute approximate surface area is 197 Å². The van der Waals surface area contributed by atoms with Gasteiger partial charge in [0.25, 0.3) is 5.91 Å². The van der Waals surface area contributed by atoms with Crippen LogP contribution in [0.25, 0.3) is 5.69 Å². The molecule has 0 aliphatic heterocycles. The molecule has 0 saturated carbocycles. The van der Waals surface area contributed by atoms with E-state index in [1.807, 2.05) is 67.1 Å². The van der Waals surface area contributed by atoms with Crippen molar-refractivity contribution >= 4 is 17.5 Å². The maximum absolute atomic E-state index is 12.9. The summed E-state index contributed by atoms with van der Waals surface area (Å²) >= 11 is 6.23. The largest absolute Gasteiger partial charge is 0.346 e. The second kappa shape index (κ2) is 9.68. The number of carbonyl (C=O) groups is 1. The van der Waals surface area contributed by atoms with Gasteiger partial charge < -0.3 is 5.32 Å². The normalized spacial score (nSPS) is 10.6. The Morgan fingerprint density at radius 3 is 2.64 bits per heavy atom. The molecule has 1 amide bonds. The van der Waals surface area contributed by atoms with E-state index in [2.05, 4.69) is 16.4 Å². The van der Waals surface area contributed by atoms with Crippen molar-refractivity contribution in [2.75, 3.05) is 0 Å². The highest BCUT2D eigenvalue weighted by atomic mass is 35.5. The van der Waals surface area contributed by atoms with Crippen LogP contribution < -0.4 is 5.32 Å². The summed E-state index contributed by atoms with van der Waals surface area (Å²) < 4.78 is 1.82. The van der Waals surface area contributed by atoms with Crippen LogP contribution in [0.4, 0.5) is 0 Å². The molecule has 2 heterocycles. The standard InChI is InChI=1S/C26H22ClN5O/c1-17-24(18(2)32(31-17)22-11-10-20(15-28)25(27)14-22)13-19-7-3-4-9-23(19)26(33)30-16-21-8-5-6-12-29-21/h3-12,14H,13,16H2,1-2H3,(H,30,33). The lowest BCUT2D eigenvalue weighted by molar-refractivity contribution is 0.0949. The molecule has 0 fully saturated rings. The molecule has 6 nitrogen and oxygen atoms in total. The first-order valence-electron chi connectivity index (χ1n) is 10.5. The SMILES string of the molecule is Cc1nn(-c2ccc(C#N)c(Cl)c2)c(C)c1Cc1ccccc1C(=O)NCc1ccccn1. The average Bonchev–Trinajstić information content (AvgIpc) is 3.12. The van der Waals surface area contributed by atoms with Crippen molar-refractivity contribution in [2.45, 2.75) is 26.8 Å². The number of halogens is 1. The number of carbonyl (C=O) groups excluding carboxylic acids is 1. The second-order valence-corrected chi connectivity index (χ2v) is 8.08. The minimum atomic E-state index is -0.141. The molecular weight excluding hydrogens is 434 g/mol. The molecule has 4 rings (SSSR count). The summed E-state index contributed by atoms with van der Waals surface area (Å²) in [6.07, 6.45) is 2.27. The number of amides is 1. The third kappa shape index (κ3) is 4.79. The fourth-order valence-corrected chi connectivity index (χ4v) is 3.98. The Hall–Kier alpha value is -3.95. The van der Waals surface area contributed by atoms with Crippen molar-refractivity contribution in [1.29, 1.82) is 5.26 Å². The Morgan fingerprint density at radius 2 is 1.91 bits per heavy atom. The maximum Gasteiger partial charge on any atom is 0.251 e. The van der Waals surface area contributed by atoms with E-state index < -0.39 is 0 Å². The molecule has 1 N–H and O–H groups in total. The first-order valence-corrected chi connectivity index (χ1v) is 10.9. The summed E-state index contributed by atoms with van der Waals surface area (Å²) in [7, 11) is 0. The summed E-state index contributed by atoms with van der Waals surface area (Å²) in [5, 5.41) is 17.2. The summed E-state index contributed by atoms with van der Waals surface area (Å²) in [6, 6.07) is 20.5. The lowest BCUT2D eigenvalue weighted by atomic mass is 9.98. The minimum Gasteiger partial charge on any atom is -0.346 e. The molecule has 0 unspecified atom stereocenters. The predicted molar refractivity (Wildman–Crippen MR) is 127 cm³/mol. The molecule has 2 aromatic heterocycles. The van der Waals surface area contributed by atoms with Gasteiger partial charge in [0, 0.05) is 29.4 Å². The first-order chi connectivity index (χ1) is 16.0. The highest BCUT2D eigenvalue weighted by Gasteiger charge is 2.18. The molecule has 33 heavy (non-hydrogen) atoms. The molecule has 0 aliphatic rings. The lowest BCUT2D eigenvalue weighted by Crippen LogP contribution is -2.24. The van der Waals surface area contributed by atoms with E-state index in [0.29, 0.717) is 29.1 Å². The van der Waals surface area contributed by atoms with Crippen LogP contribution in [0.5, 0.6) is 0 Å².